The first-order valence-electron chi connectivity index (χ1n) is 10.4. The third-order valence-corrected chi connectivity index (χ3v) is 6.15. The molecule has 0 saturated carbocycles. The Labute approximate surface area is 170 Å². The lowest BCUT2D eigenvalue weighted by molar-refractivity contribution is -0.138. The van der Waals surface area contributed by atoms with Crippen LogP contribution in [0.1, 0.15) is 42.3 Å². The molecule has 2 amide bonds. The number of nitrogens with one attached hydrogen (secondary N) is 1. The molecular formula is C22H28N4O3. The van der Waals surface area contributed by atoms with E-state index in [-0.39, 0.29) is 36.8 Å². The molecule has 0 aliphatic carbocycles. The summed E-state index contributed by atoms with van der Waals surface area (Å²) in [7, 11) is 0. The summed E-state index contributed by atoms with van der Waals surface area (Å²) in [6.45, 7) is 1.91. The van der Waals surface area contributed by atoms with E-state index >= 15 is 0 Å². The molecule has 0 spiro atoms. The number of piperidine rings is 1. The Morgan fingerprint density at radius 1 is 1.10 bits per heavy atom. The van der Waals surface area contributed by atoms with Crippen LogP contribution in [-0.2, 0) is 22.4 Å². The van der Waals surface area contributed by atoms with Crippen LogP contribution in [-0.4, -0.2) is 62.9 Å². The van der Waals surface area contributed by atoms with Crippen LogP contribution in [0.25, 0.3) is 0 Å². The Kier molecular flexibility index (Phi) is 5.94. The summed E-state index contributed by atoms with van der Waals surface area (Å²) in [5, 5.41) is 9.02. The highest BCUT2D eigenvalue weighted by Crippen LogP contribution is 2.39. The Bertz CT molecular complexity index is 843. The first kappa shape index (κ1) is 19.6. The van der Waals surface area contributed by atoms with Gasteiger partial charge in [-0.2, -0.15) is 0 Å². The summed E-state index contributed by atoms with van der Waals surface area (Å²) in [6, 6.07) is 9.81. The Morgan fingerprint density at radius 2 is 1.86 bits per heavy atom. The highest BCUT2D eigenvalue weighted by Gasteiger charge is 2.39. The second-order valence-electron chi connectivity index (χ2n) is 7.90. The lowest BCUT2D eigenvalue weighted by Gasteiger charge is -2.43. The number of benzene rings is 1. The fourth-order valence-electron chi connectivity index (χ4n) is 4.65. The van der Waals surface area contributed by atoms with Gasteiger partial charge in [0.2, 0.25) is 11.8 Å². The predicted molar refractivity (Wildman–Crippen MR) is 108 cm³/mol. The smallest absolute Gasteiger partial charge is 0.227 e. The highest BCUT2D eigenvalue weighted by molar-refractivity contribution is 5.79. The molecule has 2 aliphatic rings. The topological polar surface area (TPSA) is 89.5 Å². The molecule has 2 aromatic rings. The van der Waals surface area contributed by atoms with E-state index in [0.717, 1.165) is 36.2 Å². The molecule has 1 fully saturated rings. The van der Waals surface area contributed by atoms with Gasteiger partial charge in [0, 0.05) is 38.2 Å². The standard InChI is InChI=1S/C22H28N4O3/c27-13-9-19(28)25-10-6-17(7-11-25)22-21-18(23-15-24-21)8-12-26(22)20(29)14-16-4-2-1-3-5-16/h1-5,15,17,22,27H,6-14H2,(H,23,24). The zero-order valence-corrected chi connectivity index (χ0v) is 16.6. The van der Waals surface area contributed by atoms with Crippen molar-refractivity contribution in [3.8, 4) is 0 Å². The van der Waals surface area contributed by atoms with E-state index in [1.54, 1.807) is 6.33 Å². The van der Waals surface area contributed by atoms with E-state index in [4.69, 9.17) is 5.11 Å². The van der Waals surface area contributed by atoms with Crippen LogP contribution in [0.2, 0.25) is 0 Å². The van der Waals surface area contributed by atoms with E-state index in [9.17, 15) is 9.59 Å². The SMILES string of the molecule is O=C(CCO)N1CCC(C2c3nc[nH]c3CCN2C(=O)Cc2ccccc2)CC1. The number of carbonyl (C=O) groups excluding carboxylic acids is 2. The summed E-state index contributed by atoms with van der Waals surface area (Å²) in [5.41, 5.74) is 3.13. The highest BCUT2D eigenvalue weighted by atomic mass is 16.3. The van der Waals surface area contributed by atoms with Crippen molar-refractivity contribution in [2.45, 2.75) is 38.1 Å². The number of aromatic nitrogens is 2. The Balaban J connectivity index is 1.50. The molecule has 0 radical (unpaired) electrons. The van der Waals surface area contributed by atoms with Crippen molar-refractivity contribution in [3.05, 3.63) is 53.6 Å². The van der Waals surface area contributed by atoms with Gasteiger partial charge in [0.25, 0.3) is 0 Å². The number of aliphatic hydroxyl groups is 1. The van der Waals surface area contributed by atoms with Gasteiger partial charge in [0.15, 0.2) is 0 Å². The van der Waals surface area contributed by atoms with Crippen molar-refractivity contribution < 1.29 is 14.7 Å². The van der Waals surface area contributed by atoms with Crippen LogP contribution < -0.4 is 0 Å². The second-order valence-corrected chi connectivity index (χ2v) is 7.90. The van der Waals surface area contributed by atoms with Gasteiger partial charge in [-0.25, -0.2) is 4.98 Å². The molecule has 7 nitrogen and oxygen atoms in total. The van der Waals surface area contributed by atoms with Crippen molar-refractivity contribution >= 4 is 11.8 Å². The van der Waals surface area contributed by atoms with Crippen LogP contribution in [0.15, 0.2) is 36.7 Å². The van der Waals surface area contributed by atoms with Crippen LogP contribution in [0, 0.1) is 5.92 Å². The molecule has 154 valence electrons. The number of likely N-dealkylation sites (tertiary alicyclic amines) is 1. The predicted octanol–water partition coefficient (Wildman–Crippen LogP) is 1.70. The maximum Gasteiger partial charge on any atom is 0.227 e. The number of rotatable bonds is 5. The summed E-state index contributed by atoms with van der Waals surface area (Å²) in [6.07, 6.45) is 4.76. The number of nitrogens with zero attached hydrogens (tertiary/aromatic N) is 3. The molecule has 1 aromatic carbocycles. The number of aliphatic hydroxyl groups excluding tert-OH is 1. The molecule has 0 bridgehead atoms. The largest absolute Gasteiger partial charge is 0.396 e. The monoisotopic (exact) mass is 396 g/mol. The van der Waals surface area contributed by atoms with Crippen LogP contribution in [0.3, 0.4) is 0 Å². The molecule has 1 unspecified atom stereocenters. The minimum Gasteiger partial charge on any atom is -0.396 e. The van der Waals surface area contributed by atoms with Gasteiger partial charge in [-0.1, -0.05) is 30.3 Å². The number of imidazole rings is 1. The molecule has 7 heteroatoms. The van der Waals surface area contributed by atoms with Gasteiger partial charge < -0.3 is 19.9 Å². The third kappa shape index (κ3) is 4.19. The fourth-order valence-corrected chi connectivity index (χ4v) is 4.65. The number of aromatic amines is 1. The minimum absolute atomic E-state index is 0.00654. The number of hydrogen-bond donors (Lipinski definition) is 2. The maximum atomic E-state index is 13.2. The molecule has 29 heavy (non-hydrogen) atoms. The molecule has 1 atom stereocenters. The first-order valence-corrected chi connectivity index (χ1v) is 10.4. The minimum atomic E-state index is -0.111. The number of amides is 2. The average molecular weight is 396 g/mol. The van der Waals surface area contributed by atoms with E-state index in [0.29, 0.717) is 26.1 Å². The quantitative estimate of drug-likeness (QED) is 0.805. The Hall–Kier alpha value is -2.67. The molecular weight excluding hydrogens is 368 g/mol. The Morgan fingerprint density at radius 3 is 2.59 bits per heavy atom. The first-order chi connectivity index (χ1) is 14.2. The van der Waals surface area contributed by atoms with Crippen molar-refractivity contribution in [2.75, 3.05) is 26.2 Å². The lowest BCUT2D eigenvalue weighted by Crippen LogP contribution is -2.47. The van der Waals surface area contributed by atoms with Gasteiger partial charge in [-0.05, 0) is 24.3 Å². The van der Waals surface area contributed by atoms with Crippen molar-refractivity contribution in [3.63, 3.8) is 0 Å². The van der Waals surface area contributed by atoms with Gasteiger partial charge in [0.1, 0.15) is 0 Å². The van der Waals surface area contributed by atoms with Crippen molar-refractivity contribution in [2.24, 2.45) is 5.92 Å². The molecule has 1 aromatic heterocycles. The summed E-state index contributed by atoms with van der Waals surface area (Å²) in [5.74, 6) is 0.413. The van der Waals surface area contributed by atoms with Crippen molar-refractivity contribution in [1.82, 2.24) is 19.8 Å². The van der Waals surface area contributed by atoms with Crippen LogP contribution >= 0.6 is 0 Å². The zero-order valence-electron chi connectivity index (χ0n) is 16.6. The lowest BCUT2D eigenvalue weighted by atomic mass is 9.83. The van der Waals surface area contributed by atoms with Gasteiger partial charge in [0.05, 0.1) is 31.1 Å². The van der Waals surface area contributed by atoms with Gasteiger partial charge in [-0.3, -0.25) is 9.59 Å². The summed E-state index contributed by atoms with van der Waals surface area (Å²) >= 11 is 0. The second kappa shape index (κ2) is 8.78. The number of H-pyrrole nitrogens is 1. The van der Waals surface area contributed by atoms with E-state index in [1.807, 2.05) is 40.1 Å². The van der Waals surface area contributed by atoms with Crippen molar-refractivity contribution in [1.29, 1.82) is 0 Å². The number of carbonyl (C=O) groups is 2. The molecule has 3 heterocycles. The van der Waals surface area contributed by atoms with Crippen LogP contribution in [0.4, 0.5) is 0 Å². The van der Waals surface area contributed by atoms with Gasteiger partial charge in [-0.15, -0.1) is 0 Å². The molecule has 1 saturated heterocycles. The van der Waals surface area contributed by atoms with E-state index < -0.39 is 0 Å². The van der Waals surface area contributed by atoms with E-state index in [2.05, 4.69) is 9.97 Å². The molecule has 2 N–H and O–H groups in total. The zero-order chi connectivity index (χ0) is 20.2. The normalized spacial score (nSPS) is 19.8. The fraction of sp³-hybridized carbons (Fsp3) is 0.500. The third-order valence-electron chi connectivity index (χ3n) is 6.15. The number of fused-ring (bicyclic) bond motifs is 1. The molecule has 2 aliphatic heterocycles. The van der Waals surface area contributed by atoms with Crippen LogP contribution in [0.5, 0.6) is 0 Å². The van der Waals surface area contributed by atoms with Gasteiger partial charge >= 0.3 is 0 Å². The maximum absolute atomic E-state index is 13.2. The number of hydrogen-bond acceptors (Lipinski definition) is 4. The summed E-state index contributed by atoms with van der Waals surface area (Å²) < 4.78 is 0. The average Bonchev–Trinajstić information content (AvgIpc) is 3.23. The van der Waals surface area contributed by atoms with E-state index in [1.165, 1.54) is 0 Å². The summed E-state index contributed by atoms with van der Waals surface area (Å²) in [4.78, 5) is 37.0. The molecule has 4 rings (SSSR count).